The molecule has 0 radical (unpaired) electrons. The molecule has 0 bridgehead atoms. The topological polar surface area (TPSA) is 64.9 Å². The molecule has 0 aliphatic carbocycles. The van der Waals surface area contributed by atoms with Gasteiger partial charge in [0.25, 0.3) is 5.89 Å². The van der Waals surface area contributed by atoms with Crippen molar-refractivity contribution < 1.29 is 4.52 Å². The first-order valence-corrected chi connectivity index (χ1v) is 7.50. The Morgan fingerprint density at radius 2 is 2.35 bits per heavy atom. The fourth-order valence-electron chi connectivity index (χ4n) is 1.33. The summed E-state index contributed by atoms with van der Waals surface area (Å²) >= 11 is 3.35. The molecule has 2 aromatic rings. The van der Waals surface area contributed by atoms with Crippen LogP contribution in [0.1, 0.15) is 24.7 Å². The van der Waals surface area contributed by atoms with E-state index in [-0.39, 0.29) is 0 Å². The van der Waals surface area contributed by atoms with Crippen molar-refractivity contribution in [3.63, 3.8) is 0 Å². The van der Waals surface area contributed by atoms with Gasteiger partial charge in [0.1, 0.15) is 4.88 Å². The zero-order valence-corrected chi connectivity index (χ0v) is 11.5. The molecule has 0 saturated heterocycles. The van der Waals surface area contributed by atoms with Crippen LogP contribution in [0.4, 0.5) is 5.69 Å². The fraction of sp³-hybridized carbons (Fsp3) is 0.455. The number of aromatic nitrogens is 2. The van der Waals surface area contributed by atoms with E-state index in [0.29, 0.717) is 5.89 Å². The molecule has 2 N–H and O–H groups in total. The first kappa shape index (κ1) is 12.4. The Morgan fingerprint density at radius 1 is 1.53 bits per heavy atom. The zero-order valence-electron chi connectivity index (χ0n) is 9.90. The molecule has 0 aromatic carbocycles. The van der Waals surface area contributed by atoms with E-state index in [1.807, 2.05) is 24.1 Å². The van der Waals surface area contributed by atoms with Gasteiger partial charge in [-0.05, 0) is 30.0 Å². The minimum absolute atomic E-state index is 0.535. The molecule has 0 atom stereocenters. The summed E-state index contributed by atoms with van der Waals surface area (Å²) in [5.74, 6) is 3.18. The average Bonchev–Trinajstić information content (AvgIpc) is 2.89. The number of thioether (sulfide) groups is 1. The Kier molecular flexibility index (Phi) is 4.06. The van der Waals surface area contributed by atoms with Gasteiger partial charge >= 0.3 is 0 Å². The summed E-state index contributed by atoms with van der Waals surface area (Å²) in [5, 5.41) is 5.96. The SMILES string of the molecule is CCCSCc1noc(-c2scc(C)c2N)n1. The van der Waals surface area contributed by atoms with Gasteiger partial charge in [0.15, 0.2) is 5.82 Å². The summed E-state index contributed by atoms with van der Waals surface area (Å²) in [5.41, 5.74) is 7.75. The van der Waals surface area contributed by atoms with Crippen molar-refractivity contribution in [2.75, 3.05) is 11.5 Å². The molecule has 0 saturated carbocycles. The molecule has 0 fully saturated rings. The van der Waals surface area contributed by atoms with Crippen molar-refractivity contribution in [3.05, 3.63) is 16.8 Å². The Morgan fingerprint density at radius 3 is 3.00 bits per heavy atom. The van der Waals surface area contributed by atoms with Crippen molar-refractivity contribution >= 4 is 28.8 Å². The first-order valence-electron chi connectivity index (χ1n) is 5.46. The molecule has 4 nitrogen and oxygen atoms in total. The zero-order chi connectivity index (χ0) is 12.3. The molecule has 2 heterocycles. The maximum atomic E-state index is 5.94. The largest absolute Gasteiger partial charge is 0.397 e. The molecule has 2 aromatic heterocycles. The van der Waals surface area contributed by atoms with Crippen LogP contribution >= 0.6 is 23.1 Å². The second kappa shape index (κ2) is 5.55. The van der Waals surface area contributed by atoms with Crippen molar-refractivity contribution in [1.29, 1.82) is 0 Å². The molecule has 0 aliphatic heterocycles. The van der Waals surface area contributed by atoms with E-state index >= 15 is 0 Å². The fourth-order valence-corrected chi connectivity index (χ4v) is 2.96. The summed E-state index contributed by atoms with van der Waals surface area (Å²) in [7, 11) is 0. The quantitative estimate of drug-likeness (QED) is 0.843. The van der Waals surface area contributed by atoms with E-state index in [9.17, 15) is 0 Å². The second-order valence-electron chi connectivity index (χ2n) is 3.73. The van der Waals surface area contributed by atoms with Gasteiger partial charge in [0.05, 0.1) is 11.4 Å². The highest BCUT2D eigenvalue weighted by atomic mass is 32.2. The summed E-state index contributed by atoms with van der Waals surface area (Å²) in [6.07, 6.45) is 1.16. The van der Waals surface area contributed by atoms with Gasteiger partial charge in [-0.3, -0.25) is 0 Å². The number of nitrogen functional groups attached to an aromatic ring is 1. The Hall–Kier alpha value is -1.01. The second-order valence-corrected chi connectivity index (χ2v) is 5.71. The summed E-state index contributed by atoms with van der Waals surface area (Å²) in [4.78, 5) is 5.23. The predicted molar refractivity (Wildman–Crippen MR) is 73.2 cm³/mol. The lowest BCUT2D eigenvalue weighted by Gasteiger charge is -1.93. The molecule has 0 spiro atoms. The molecule has 17 heavy (non-hydrogen) atoms. The highest BCUT2D eigenvalue weighted by molar-refractivity contribution is 7.98. The number of nitrogens with two attached hydrogens (primary N) is 1. The first-order chi connectivity index (χ1) is 8.22. The Bertz CT molecular complexity index is 493. The number of hydrogen-bond donors (Lipinski definition) is 1. The van der Waals surface area contributed by atoms with Crippen LogP contribution in [0.25, 0.3) is 10.8 Å². The van der Waals surface area contributed by atoms with Gasteiger partial charge in [-0.15, -0.1) is 11.3 Å². The third-order valence-corrected chi connectivity index (χ3v) is 4.53. The van der Waals surface area contributed by atoms with Crippen molar-refractivity contribution in [3.8, 4) is 10.8 Å². The maximum absolute atomic E-state index is 5.94. The number of thiophene rings is 1. The summed E-state index contributed by atoms with van der Waals surface area (Å²) < 4.78 is 5.23. The summed E-state index contributed by atoms with van der Waals surface area (Å²) in [6.45, 7) is 4.13. The molecular weight excluding hydrogens is 254 g/mol. The number of anilines is 1. The molecule has 92 valence electrons. The smallest absolute Gasteiger partial charge is 0.270 e. The molecule has 2 rings (SSSR count). The Labute approximate surface area is 109 Å². The van der Waals surface area contributed by atoms with E-state index in [0.717, 1.165) is 39.9 Å². The van der Waals surface area contributed by atoms with Gasteiger partial charge in [0, 0.05) is 0 Å². The molecule has 0 aliphatic rings. The van der Waals surface area contributed by atoms with Crippen LogP contribution in [0.5, 0.6) is 0 Å². The van der Waals surface area contributed by atoms with E-state index in [4.69, 9.17) is 10.3 Å². The maximum Gasteiger partial charge on any atom is 0.270 e. The van der Waals surface area contributed by atoms with E-state index in [2.05, 4.69) is 17.1 Å². The molecular formula is C11H15N3OS2. The van der Waals surface area contributed by atoms with E-state index < -0.39 is 0 Å². The number of aryl methyl sites for hydroxylation is 1. The highest BCUT2D eigenvalue weighted by Gasteiger charge is 2.14. The predicted octanol–water partition coefficient (Wildman–Crippen LogP) is 3.33. The monoisotopic (exact) mass is 269 g/mol. The van der Waals surface area contributed by atoms with Gasteiger partial charge in [-0.1, -0.05) is 12.1 Å². The third kappa shape index (κ3) is 2.81. The van der Waals surface area contributed by atoms with Gasteiger partial charge < -0.3 is 10.3 Å². The van der Waals surface area contributed by atoms with Crippen LogP contribution in [0.15, 0.2) is 9.90 Å². The number of nitrogens with zero attached hydrogens (tertiary/aromatic N) is 2. The highest BCUT2D eigenvalue weighted by Crippen LogP contribution is 2.33. The third-order valence-electron chi connectivity index (χ3n) is 2.26. The lowest BCUT2D eigenvalue weighted by Crippen LogP contribution is -1.88. The lowest BCUT2D eigenvalue weighted by atomic mass is 10.3. The minimum atomic E-state index is 0.535. The van der Waals surface area contributed by atoms with Gasteiger partial charge in [-0.25, -0.2) is 0 Å². The Balaban J connectivity index is 2.10. The normalized spacial score (nSPS) is 10.9. The van der Waals surface area contributed by atoms with Crippen LogP contribution in [0.3, 0.4) is 0 Å². The van der Waals surface area contributed by atoms with Crippen molar-refractivity contribution in [1.82, 2.24) is 10.1 Å². The standard InChI is InChI=1S/C11H15N3OS2/c1-3-4-16-6-8-13-11(15-14-8)10-9(12)7(2)5-17-10/h5H,3-4,6,12H2,1-2H3. The van der Waals surface area contributed by atoms with Crippen LogP contribution in [0, 0.1) is 6.92 Å². The van der Waals surface area contributed by atoms with E-state index in [1.165, 1.54) is 0 Å². The van der Waals surface area contributed by atoms with Gasteiger partial charge in [0.2, 0.25) is 0 Å². The van der Waals surface area contributed by atoms with E-state index in [1.54, 1.807) is 11.3 Å². The molecule has 0 unspecified atom stereocenters. The van der Waals surface area contributed by atoms with Crippen LogP contribution in [0.2, 0.25) is 0 Å². The number of hydrogen-bond acceptors (Lipinski definition) is 6. The van der Waals surface area contributed by atoms with Crippen molar-refractivity contribution in [2.24, 2.45) is 0 Å². The number of rotatable bonds is 5. The molecule has 6 heteroatoms. The van der Waals surface area contributed by atoms with Crippen LogP contribution in [-0.4, -0.2) is 15.9 Å². The van der Waals surface area contributed by atoms with Crippen molar-refractivity contribution in [2.45, 2.75) is 26.0 Å². The van der Waals surface area contributed by atoms with Crippen LogP contribution < -0.4 is 5.73 Å². The van der Waals surface area contributed by atoms with Gasteiger partial charge in [-0.2, -0.15) is 16.7 Å². The molecule has 0 amide bonds. The van der Waals surface area contributed by atoms with Crippen LogP contribution in [-0.2, 0) is 5.75 Å². The lowest BCUT2D eigenvalue weighted by molar-refractivity contribution is 0.426. The summed E-state index contributed by atoms with van der Waals surface area (Å²) in [6, 6.07) is 0. The minimum Gasteiger partial charge on any atom is -0.397 e. The average molecular weight is 269 g/mol.